The Kier molecular flexibility index (Phi) is 4.83. The van der Waals surface area contributed by atoms with Gasteiger partial charge in [0.2, 0.25) is 0 Å². The van der Waals surface area contributed by atoms with E-state index in [-0.39, 0.29) is 0 Å². The number of benzene rings is 1. The van der Waals surface area contributed by atoms with E-state index in [1.807, 2.05) is 31.2 Å². The molecule has 0 aliphatic heterocycles. The first-order valence-electron chi connectivity index (χ1n) is 5.61. The Morgan fingerprint density at radius 2 is 1.94 bits per heavy atom. The van der Waals surface area contributed by atoms with E-state index < -0.39 is 0 Å². The lowest BCUT2D eigenvalue weighted by molar-refractivity contribution is 0.271. The van der Waals surface area contributed by atoms with Crippen LogP contribution >= 0.6 is 0 Å². The summed E-state index contributed by atoms with van der Waals surface area (Å²) in [6, 6.07) is 7.62. The molecule has 1 rings (SSSR count). The molecule has 0 spiro atoms. The highest BCUT2D eigenvalue weighted by Gasteiger charge is 2.02. The molecule has 0 radical (unpaired) electrons. The van der Waals surface area contributed by atoms with Crippen LogP contribution in [0.15, 0.2) is 29.4 Å². The van der Waals surface area contributed by atoms with Crippen LogP contribution in [0.5, 0.6) is 5.75 Å². The van der Waals surface area contributed by atoms with Crippen molar-refractivity contribution in [2.75, 3.05) is 6.61 Å². The summed E-state index contributed by atoms with van der Waals surface area (Å²) >= 11 is 0. The second-order valence-electron chi connectivity index (χ2n) is 4.13. The number of nitrogens with zero attached hydrogens (tertiary/aromatic N) is 1. The molecule has 0 bridgehead atoms. The molecule has 0 aliphatic rings. The van der Waals surface area contributed by atoms with Crippen LogP contribution in [-0.2, 0) is 0 Å². The van der Waals surface area contributed by atoms with E-state index in [0.717, 1.165) is 11.3 Å². The molecule has 88 valence electrons. The van der Waals surface area contributed by atoms with Gasteiger partial charge in [0.15, 0.2) is 0 Å². The molecule has 0 fully saturated rings. The fourth-order valence-electron chi connectivity index (χ4n) is 1.34. The summed E-state index contributed by atoms with van der Waals surface area (Å²) in [7, 11) is 0. The maximum absolute atomic E-state index is 8.78. The summed E-state index contributed by atoms with van der Waals surface area (Å²) in [6.45, 7) is 6.90. The normalized spacial score (nSPS) is 11.9. The lowest BCUT2D eigenvalue weighted by Crippen LogP contribution is -2.05. The first kappa shape index (κ1) is 12.6. The van der Waals surface area contributed by atoms with E-state index in [1.54, 1.807) is 0 Å². The number of ether oxygens (including phenoxy) is 1. The van der Waals surface area contributed by atoms with Crippen molar-refractivity contribution < 1.29 is 9.94 Å². The fourth-order valence-corrected chi connectivity index (χ4v) is 1.34. The van der Waals surface area contributed by atoms with Crippen LogP contribution in [0.25, 0.3) is 0 Å². The zero-order valence-corrected chi connectivity index (χ0v) is 10.1. The maximum Gasteiger partial charge on any atom is 0.119 e. The first-order valence-corrected chi connectivity index (χ1v) is 5.61. The summed E-state index contributed by atoms with van der Waals surface area (Å²) < 4.78 is 5.57. The van der Waals surface area contributed by atoms with Gasteiger partial charge in [-0.3, -0.25) is 0 Å². The van der Waals surface area contributed by atoms with Crippen molar-refractivity contribution in [1.82, 2.24) is 0 Å². The number of hydrogen-bond acceptors (Lipinski definition) is 3. The zero-order chi connectivity index (χ0) is 12.0. The van der Waals surface area contributed by atoms with E-state index in [2.05, 4.69) is 19.0 Å². The molecular weight excluding hydrogens is 202 g/mol. The predicted octanol–water partition coefficient (Wildman–Crippen LogP) is 3.31. The van der Waals surface area contributed by atoms with Crippen molar-refractivity contribution in [2.24, 2.45) is 11.1 Å². The van der Waals surface area contributed by atoms with Crippen LogP contribution in [-0.4, -0.2) is 17.5 Å². The summed E-state index contributed by atoms with van der Waals surface area (Å²) in [5.41, 5.74) is 1.62. The Morgan fingerprint density at radius 3 is 2.38 bits per heavy atom. The third kappa shape index (κ3) is 3.57. The van der Waals surface area contributed by atoms with Crippen molar-refractivity contribution in [1.29, 1.82) is 0 Å². The molecule has 16 heavy (non-hydrogen) atoms. The Labute approximate surface area is 96.7 Å². The molecule has 1 aromatic carbocycles. The molecule has 0 aromatic heterocycles. The highest BCUT2D eigenvalue weighted by Crippen LogP contribution is 2.14. The largest absolute Gasteiger partial charge is 0.493 e. The van der Waals surface area contributed by atoms with Crippen molar-refractivity contribution in [3.63, 3.8) is 0 Å². The second kappa shape index (κ2) is 6.16. The van der Waals surface area contributed by atoms with E-state index in [1.165, 1.54) is 0 Å². The van der Waals surface area contributed by atoms with Crippen molar-refractivity contribution >= 4 is 5.71 Å². The third-order valence-corrected chi connectivity index (χ3v) is 2.23. The van der Waals surface area contributed by atoms with Gasteiger partial charge in [0.1, 0.15) is 5.75 Å². The molecule has 3 heteroatoms. The smallest absolute Gasteiger partial charge is 0.119 e. The minimum Gasteiger partial charge on any atom is -0.493 e. The van der Waals surface area contributed by atoms with Gasteiger partial charge in [0, 0.05) is 0 Å². The Hall–Kier alpha value is -1.51. The SMILES string of the molecule is CC/C(=N\O)c1ccc(OCC(C)C)cc1. The third-order valence-electron chi connectivity index (χ3n) is 2.23. The van der Waals surface area contributed by atoms with E-state index >= 15 is 0 Å². The standard InChI is InChI=1S/C13H19NO2/c1-4-13(14-15)11-5-7-12(8-6-11)16-9-10(2)3/h5-8,10,15H,4,9H2,1-3H3/b14-13+. The van der Waals surface area contributed by atoms with Crippen molar-refractivity contribution in [2.45, 2.75) is 27.2 Å². The van der Waals surface area contributed by atoms with Gasteiger partial charge in [-0.05, 0) is 42.2 Å². The van der Waals surface area contributed by atoms with Crippen molar-refractivity contribution in [3.8, 4) is 5.75 Å². The van der Waals surface area contributed by atoms with Gasteiger partial charge >= 0.3 is 0 Å². The Morgan fingerprint density at radius 1 is 1.31 bits per heavy atom. The molecule has 0 saturated heterocycles. The molecule has 0 heterocycles. The first-order chi connectivity index (χ1) is 7.67. The van der Waals surface area contributed by atoms with Gasteiger partial charge in [-0.1, -0.05) is 25.9 Å². The second-order valence-corrected chi connectivity index (χ2v) is 4.13. The van der Waals surface area contributed by atoms with E-state index in [4.69, 9.17) is 9.94 Å². The van der Waals surface area contributed by atoms with Crippen LogP contribution in [0.1, 0.15) is 32.8 Å². The average molecular weight is 221 g/mol. The van der Waals surface area contributed by atoms with Gasteiger partial charge in [-0.2, -0.15) is 0 Å². The van der Waals surface area contributed by atoms with E-state index in [9.17, 15) is 0 Å². The minimum absolute atomic E-state index is 0.518. The average Bonchev–Trinajstić information content (AvgIpc) is 2.29. The summed E-state index contributed by atoms with van der Waals surface area (Å²) in [6.07, 6.45) is 0.711. The zero-order valence-electron chi connectivity index (χ0n) is 10.1. The lowest BCUT2D eigenvalue weighted by Gasteiger charge is -2.09. The molecule has 0 saturated carbocycles. The lowest BCUT2D eigenvalue weighted by atomic mass is 10.1. The van der Waals surface area contributed by atoms with E-state index in [0.29, 0.717) is 24.7 Å². The molecule has 0 unspecified atom stereocenters. The van der Waals surface area contributed by atoms with Gasteiger partial charge in [-0.15, -0.1) is 0 Å². The molecule has 0 atom stereocenters. The molecular formula is C13H19NO2. The number of hydrogen-bond donors (Lipinski definition) is 1. The van der Waals surface area contributed by atoms with Crippen molar-refractivity contribution in [3.05, 3.63) is 29.8 Å². The topological polar surface area (TPSA) is 41.8 Å². The highest BCUT2D eigenvalue weighted by atomic mass is 16.5. The van der Waals surface area contributed by atoms with Gasteiger partial charge < -0.3 is 9.94 Å². The summed E-state index contributed by atoms with van der Waals surface area (Å²) in [4.78, 5) is 0. The van der Waals surface area contributed by atoms with Crippen LogP contribution < -0.4 is 4.74 Å². The number of oxime groups is 1. The van der Waals surface area contributed by atoms with Gasteiger partial charge in [-0.25, -0.2) is 0 Å². The fraction of sp³-hybridized carbons (Fsp3) is 0.462. The Bertz CT molecular complexity index is 341. The van der Waals surface area contributed by atoms with Crippen LogP contribution in [0, 0.1) is 5.92 Å². The highest BCUT2D eigenvalue weighted by molar-refractivity contribution is 6.00. The minimum atomic E-state index is 0.518. The molecule has 0 amide bonds. The predicted molar refractivity (Wildman–Crippen MR) is 65.4 cm³/mol. The molecule has 1 aromatic rings. The molecule has 1 N–H and O–H groups in total. The molecule has 3 nitrogen and oxygen atoms in total. The van der Waals surface area contributed by atoms with Crippen LogP contribution in [0.2, 0.25) is 0 Å². The summed E-state index contributed by atoms with van der Waals surface area (Å²) in [5, 5.41) is 12.0. The van der Waals surface area contributed by atoms with Gasteiger partial charge in [0.05, 0.1) is 12.3 Å². The monoisotopic (exact) mass is 221 g/mol. The van der Waals surface area contributed by atoms with Crippen LogP contribution in [0.3, 0.4) is 0 Å². The maximum atomic E-state index is 8.78. The Balaban J connectivity index is 2.67. The molecule has 0 aliphatic carbocycles. The van der Waals surface area contributed by atoms with Crippen LogP contribution in [0.4, 0.5) is 0 Å². The summed E-state index contributed by atoms with van der Waals surface area (Å²) in [5.74, 6) is 1.37. The van der Waals surface area contributed by atoms with Gasteiger partial charge in [0.25, 0.3) is 0 Å². The number of rotatable bonds is 5. The quantitative estimate of drug-likeness (QED) is 0.471.